The number of rotatable bonds is 4. The molecule has 1 atom stereocenters. The van der Waals surface area contributed by atoms with E-state index in [0.29, 0.717) is 23.6 Å². The Morgan fingerprint density at radius 1 is 1.50 bits per heavy atom. The average molecular weight is 271 g/mol. The lowest BCUT2D eigenvalue weighted by atomic mass is 9.94. The van der Waals surface area contributed by atoms with E-state index in [2.05, 4.69) is 11.4 Å². The lowest BCUT2D eigenvalue weighted by Gasteiger charge is -2.24. The van der Waals surface area contributed by atoms with Gasteiger partial charge >= 0.3 is 0 Å². The number of nitriles is 1. The van der Waals surface area contributed by atoms with E-state index in [1.54, 1.807) is 18.0 Å². The van der Waals surface area contributed by atoms with Crippen LogP contribution in [-0.4, -0.2) is 26.0 Å². The van der Waals surface area contributed by atoms with Crippen LogP contribution in [0.4, 0.5) is 5.69 Å². The molecule has 0 saturated carbocycles. The first kappa shape index (κ1) is 14.5. The molecule has 0 spiro atoms. The van der Waals surface area contributed by atoms with Crippen LogP contribution in [-0.2, 0) is 4.79 Å². The van der Waals surface area contributed by atoms with Crippen molar-refractivity contribution in [2.24, 2.45) is 5.92 Å². The topological polar surface area (TPSA) is 56.1 Å². The van der Waals surface area contributed by atoms with Crippen LogP contribution in [0.3, 0.4) is 0 Å². The molecule has 1 saturated heterocycles. The highest BCUT2D eigenvalue weighted by atomic mass is 16.2. The maximum absolute atomic E-state index is 12.3. The molecule has 1 amide bonds. The van der Waals surface area contributed by atoms with E-state index in [-0.39, 0.29) is 5.91 Å². The molecule has 0 bridgehead atoms. The predicted octanol–water partition coefficient (Wildman–Crippen LogP) is 2.30. The lowest BCUT2D eigenvalue weighted by molar-refractivity contribution is -0.118. The zero-order valence-electron chi connectivity index (χ0n) is 11.9. The summed E-state index contributed by atoms with van der Waals surface area (Å²) >= 11 is 0. The molecule has 4 nitrogen and oxygen atoms in total. The summed E-state index contributed by atoms with van der Waals surface area (Å²) in [5.41, 5.74) is 1.24. The van der Waals surface area contributed by atoms with Gasteiger partial charge in [-0.05, 0) is 50.4 Å². The summed E-state index contributed by atoms with van der Waals surface area (Å²) in [6.07, 6.45) is 3.87. The highest BCUT2D eigenvalue weighted by Gasteiger charge is 2.18. The maximum Gasteiger partial charge on any atom is 0.226 e. The third-order valence-corrected chi connectivity index (χ3v) is 3.93. The molecular formula is C16H21N3O. The number of amides is 1. The molecule has 1 aliphatic heterocycles. The van der Waals surface area contributed by atoms with Gasteiger partial charge in [0, 0.05) is 13.5 Å². The number of para-hydroxylation sites is 1. The summed E-state index contributed by atoms with van der Waals surface area (Å²) in [6.45, 7) is 2.12. The normalized spacial score (nSPS) is 18.3. The molecule has 106 valence electrons. The number of hydrogen-bond acceptors (Lipinski definition) is 3. The van der Waals surface area contributed by atoms with Gasteiger partial charge in [-0.2, -0.15) is 5.26 Å². The first-order valence-electron chi connectivity index (χ1n) is 7.18. The largest absolute Gasteiger partial charge is 0.316 e. The number of anilines is 1. The Bertz CT molecular complexity index is 501. The zero-order valence-corrected chi connectivity index (χ0v) is 11.9. The first-order chi connectivity index (χ1) is 9.72. The van der Waals surface area contributed by atoms with Crippen LogP contribution in [0.5, 0.6) is 0 Å². The molecule has 20 heavy (non-hydrogen) atoms. The van der Waals surface area contributed by atoms with Crippen LogP contribution in [0.15, 0.2) is 24.3 Å². The van der Waals surface area contributed by atoms with Crippen molar-refractivity contribution < 1.29 is 4.79 Å². The van der Waals surface area contributed by atoms with Gasteiger partial charge in [-0.3, -0.25) is 4.79 Å². The van der Waals surface area contributed by atoms with E-state index >= 15 is 0 Å². The second-order valence-corrected chi connectivity index (χ2v) is 5.33. The monoisotopic (exact) mass is 271 g/mol. The van der Waals surface area contributed by atoms with Crippen molar-refractivity contribution >= 4 is 11.6 Å². The number of nitrogens with zero attached hydrogens (tertiary/aromatic N) is 2. The van der Waals surface area contributed by atoms with E-state index in [1.807, 2.05) is 18.2 Å². The second-order valence-electron chi connectivity index (χ2n) is 5.33. The van der Waals surface area contributed by atoms with Gasteiger partial charge in [-0.15, -0.1) is 0 Å². The van der Waals surface area contributed by atoms with Crippen molar-refractivity contribution in [3.63, 3.8) is 0 Å². The molecule has 0 aromatic heterocycles. The van der Waals surface area contributed by atoms with Gasteiger partial charge in [-0.25, -0.2) is 0 Å². The van der Waals surface area contributed by atoms with Gasteiger partial charge in [0.2, 0.25) is 5.91 Å². The highest BCUT2D eigenvalue weighted by Crippen LogP contribution is 2.21. The Labute approximate surface area is 120 Å². The van der Waals surface area contributed by atoms with Crippen molar-refractivity contribution in [1.29, 1.82) is 5.26 Å². The molecular weight excluding hydrogens is 250 g/mol. The van der Waals surface area contributed by atoms with Gasteiger partial charge in [0.05, 0.1) is 11.3 Å². The summed E-state index contributed by atoms with van der Waals surface area (Å²) < 4.78 is 0. The first-order valence-corrected chi connectivity index (χ1v) is 7.18. The van der Waals surface area contributed by atoms with Crippen molar-refractivity contribution in [3.8, 4) is 6.07 Å². The fraction of sp³-hybridized carbons (Fsp3) is 0.500. The molecule has 0 radical (unpaired) electrons. The maximum atomic E-state index is 12.3. The van der Waals surface area contributed by atoms with E-state index in [0.717, 1.165) is 19.5 Å². The van der Waals surface area contributed by atoms with E-state index in [4.69, 9.17) is 5.26 Å². The number of hydrogen-bond donors (Lipinski definition) is 1. The van der Waals surface area contributed by atoms with Crippen molar-refractivity contribution in [2.75, 3.05) is 25.0 Å². The molecule has 1 heterocycles. The Kier molecular flexibility index (Phi) is 5.14. The van der Waals surface area contributed by atoms with Gasteiger partial charge in [0.1, 0.15) is 6.07 Å². The quantitative estimate of drug-likeness (QED) is 0.914. The van der Waals surface area contributed by atoms with Gasteiger partial charge in [0.15, 0.2) is 0 Å². The molecule has 1 aromatic carbocycles. The smallest absolute Gasteiger partial charge is 0.226 e. The van der Waals surface area contributed by atoms with Crippen LogP contribution in [0.25, 0.3) is 0 Å². The minimum atomic E-state index is 0.0817. The standard InChI is InChI=1S/C16H21N3O/c1-19(15-7-3-2-6-14(15)11-17)16(20)9-8-13-5-4-10-18-12-13/h2-3,6-7,13,18H,4-5,8-10,12H2,1H3. The highest BCUT2D eigenvalue weighted by molar-refractivity contribution is 5.94. The molecule has 1 aromatic rings. The van der Waals surface area contributed by atoms with Gasteiger partial charge < -0.3 is 10.2 Å². The van der Waals surface area contributed by atoms with Crippen LogP contribution >= 0.6 is 0 Å². The molecule has 1 aliphatic rings. The van der Waals surface area contributed by atoms with Crippen molar-refractivity contribution in [3.05, 3.63) is 29.8 Å². The SMILES string of the molecule is CN(C(=O)CCC1CCCNC1)c1ccccc1C#N. The Morgan fingerprint density at radius 3 is 3.00 bits per heavy atom. The van der Waals surface area contributed by atoms with E-state index in [9.17, 15) is 4.79 Å². The predicted molar refractivity (Wildman–Crippen MR) is 79.4 cm³/mol. The molecule has 4 heteroatoms. The fourth-order valence-electron chi connectivity index (χ4n) is 2.66. The van der Waals surface area contributed by atoms with Crippen LogP contribution < -0.4 is 10.2 Å². The summed E-state index contributed by atoms with van der Waals surface area (Å²) in [5.74, 6) is 0.686. The number of carbonyl (C=O) groups is 1. The molecule has 0 aliphatic carbocycles. The number of piperidine rings is 1. The number of nitrogens with one attached hydrogen (secondary N) is 1. The summed E-state index contributed by atoms with van der Waals surface area (Å²) in [4.78, 5) is 13.9. The van der Waals surface area contributed by atoms with Crippen LogP contribution in [0.2, 0.25) is 0 Å². The van der Waals surface area contributed by atoms with Crippen LogP contribution in [0, 0.1) is 17.2 Å². The summed E-state index contributed by atoms with van der Waals surface area (Å²) in [6, 6.07) is 9.36. The lowest BCUT2D eigenvalue weighted by Crippen LogP contribution is -2.32. The number of carbonyl (C=O) groups excluding carboxylic acids is 1. The van der Waals surface area contributed by atoms with E-state index in [1.165, 1.54) is 12.8 Å². The van der Waals surface area contributed by atoms with Crippen molar-refractivity contribution in [1.82, 2.24) is 5.32 Å². The Balaban J connectivity index is 1.93. The Hall–Kier alpha value is -1.86. The number of benzene rings is 1. The van der Waals surface area contributed by atoms with Gasteiger partial charge in [0.25, 0.3) is 0 Å². The minimum Gasteiger partial charge on any atom is -0.316 e. The summed E-state index contributed by atoms with van der Waals surface area (Å²) in [5, 5.41) is 12.5. The van der Waals surface area contributed by atoms with Crippen LogP contribution in [0.1, 0.15) is 31.2 Å². The van der Waals surface area contributed by atoms with Gasteiger partial charge in [-0.1, -0.05) is 12.1 Å². The average Bonchev–Trinajstić information content (AvgIpc) is 2.52. The van der Waals surface area contributed by atoms with E-state index < -0.39 is 0 Å². The molecule has 1 N–H and O–H groups in total. The third kappa shape index (κ3) is 3.58. The molecule has 1 unspecified atom stereocenters. The van der Waals surface area contributed by atoms with Crippen molar-refractivity contribution in [2.45, 2.75) is 25.7 Å². The summed E-state index contributed by atoms with van der Waals surface area (Å²) in [7, 11) is 1.75. The fourth-order valence-corrected chi connectivity index (χ4v) is 2.66. The molecule has 1 fully saturated rings. The minimum absolute atomic E-state index is 0.0817. The molecule has 2 rings (SSSR count). The Morgan fingerprint density at radius 2 is 2.30 bits per heavy atom. The zero-order chi connectivity index (χ0) is 14.4. The second kappa shape index (κ2) is 7.06. The third-order valence-electron chi connectivity index (χ3n) is 3.93.